The van der Waals surface area contributed by atoms with E-state index in [0.29, 0.717) is 25.7 Å². The Morgan fingerprint density at radius 2 is 0.429 bits per heavy atom. The fourth-order valence-electron chi connectivity index (χ4n) is 12.1. The molecule has 5 atom stereocenters. The van der Waals surface area contributed by atoms with Gasteiger partial charge < -0.3 is 33.8 Å². The van der Waals surface area contributed by atoms with Crippen LogP contribution in [0.4, 0.5) is 0 Å². The van der Waals surface area contributed by atoms with Crippen LogP contribution in [0.5, 0.6) is 0 Å². The summed E-state index contributed by atoms with van der Waals surface area (Å²) in [5, 5.41) is 10.6. The second-order valence-corrected chi connectivity index (χ2v) is 33.3. The van der Waals surface area contributed by atoms with Crippen LogP contribution in [0.1, 0.15) is 402 Å². The van der Waals surface area contributed by atoms with Crippen LogP contribution in [0.2, 0.25) is 0 Å². The van der Waals surface area contributed by atoms with E-state index < -0.39 is 97.5 Å². The number of hydrogen-bond acceptors (Lipinski definition) is 15. The quantitative estimate of drug-likeness (QED) is 0.0222. The lowest BCUT2D eigenvalue weighted by Crippen LogP contribution is -2.30. The Hall–Kier alpha value is -1.94. The first kappa shape index (κ1) is 96.1. The lowest BCUT2D eigenvalue weighted by molar-refractivity contribution is -0.161. The second kappa shape index (κ2) is 68.2. The van der Waals surface area contributed by atoms with Gasteiger partial charge in [0, 0.05) is 25.7 Å². The number of aliphatic hydroxyl groups excluding tert-OH is 1. The fraction of sp³-hybridized carbons (Fsp3) is 0.949. The first-order valence-electron chi connectivity index (χ1n) is 40.7. The van der Waals surface area contributed by atoms with Crippen LogP contribution in [-0.4, -0.2) is 96.7 Å². The highest BCUT2D eigenvalue weighted by Gasteiger charge is 2.30. The highest BCUT2D eigenvalue weighted by atomic mass is 31.2. The molecule has 0 aromatic carbocycles. The van der Waals surface area contributed by atoms with Crippen molar-refractivity contribution in [2.75, 3.05) is 39.6 Å². The summed E-state index contributed by atoms with van der Waals surface area (Å²) < 4.78 is 68.7. The summed E-state index contributed by atoms with van der Waals surface area (Å²) >= 11 is 0. The van der Waals surface area contributed by atoms with Crippen LogP contribution in [-0.2, 0) is 65.4 Å². The van der Waals surface area contributed by atoms with Gasteiger partial charge in [0.15, 0.2) is 12.2 Å². The number of aliphatic hydroxyl groups is 1. The van der Waals surface area contributed by atoms with Gasteiger partial charge in [-0.25, -0.2) is 9.13 Å². The van der Waals surface area contributed by atoms with Gasteiger partial charge in [0.25, 0.3) is 0 Å². The van der Waals surface area contributed by atoms with Crippen molar-refractivity contribution in [1.29, 1.82) is 0 Å². The highest BCUT2D eigenvalue weighted by molar-refractivity contribution is 7.47. The summed E-state index contributed by atoms with van der Waals surface area (Å²) in [6, 6.07) is 0. The molecule has 0 saturated carbocycles. The summed E-state index contributed by atoms with van der Waals surface area (Å²) in [4.78, 5) is 73.0. The molecule has 0 aliphatic carbocycles. The SMILES string of the molecule is CC(C)CCCCCCCCCCCCCCCCC(=O)O[C@H](COC(=O)CCCCCCCCCCCCCCC(C)C)COP(=O)(O)OC[C@@H](O)COP(=O)(O)OC[C@@H](COC(=O)CCCCCCCCCCCCC(C)C)OC(=O)CCCCCCCCCCCCC(C)C. The predicted molar refractivity (Wildman–Crippen MR) is 400 cm³/mol. The molecule has 0 heterocycles. The highest BCUT2D eigenvalue weighted by Crippen LogP contribution is 2.45. The van der Waals surface area contributed by atoms with E-state index in [9.17, 15) is 43.2 Å². The van der Waals surface area contributed by atoms with Crippen LogP contribution in [0, 0.1) is 23.7 Å². The minimum atomic E-state index is -4.96. The smallest absolute Gasteiger partial charge is 0.462 e. The molecule has 3 N–H and O–H groups in total. The molecule has 0 spiro atoms. The van der Waals surface area contributed by atoms with Gasteiger partial charge in [0.2, 0.25) is 0 Å². The van der Waals surface area contributed by atoms with Crippen molar-refractivity contribution in [3.8, 4) is 0 Å². The summed E-state index contributed by atoms with van der Waals surface area (Å²) in [7, 11) is -9.92. The van der Waals surface area contributed by atoms with Gasteiger partial charge in [0.05, 0.1) is 26.4 Å². The summed E-state index contributed by atoms with van der Waals surface area (Å²) in [5.74, 6) is 0.972. The van der Waals surface area contributed by atoms with Crippen molar-refractivity contribution < 1.29 is 80.2 Å². The van der Waals surface area contributed by atoms with Crippen LogP contribution in [0.25, 0.3) is 0 Å². The molecule has 19 heteroatoms. The summed E-state index contributed by atoms with van der Waals surface area (Å²) in [5.41, 5.74) is 0. The van der Waals surface area contributed by atoms with Crippen LogP contribution in [0.15, 0.2) is 0 Å². The molecule has 0 aromatic rings. The fourth-order valence-corrected chi connectivity index (χ4v) is 13.7. The Morgan fingerprint density at radius 3 is 0.633 bits per heavy atom. The third kappa shape index (κ3) is 72.4. The molecule has 0 aromatic heterocycles. The third-order valence-corrected chi connectivity index (χ3v) is 20.2. The Morgan fingerprint density at radius 1 is 0.255 bits per heavy atom. The average molecular weight is 1440 g/mol. The zero-order valence-electron chi connectivity index (χ0n) is 64.4. The van der Waals surface area contributed by atoms with Crippen molar-refractivity contribution in [2.24, 2.45) is 23.7 Å². The topological polar surface area (TPSA) is 237 Å². The van der Waals surface area contributed by atoms with E-state index in [1.165, 1.54) is 205 Å². The van der Waals surface area contributed by atoms with Gasteiger partial charge in [-0.3, -0.25) is 37.3 Å². The minimum Gasteiger partial charge on any atom is -0.462 e. The maximum Gasteiger partial charge on any atom is 0.472 e. The lowest BCUT2D eigenvalue weighted by atomic mass is 10.0. The van der Waals surface area contributed by atoms with Gasteiger partial charge in [-0.2, -0.15) is 0 Å². The number of esters is 4. The van der Waals surface area contributed by atoms with Crippen molar-refractivity contribution in [1.82, 2.24) is 0 Å². The Kier molecular flexibility index (Phi) is 66.8. The van der Waals surface area contributed by atoms with E-state index in [4.69, 9.17) is 37.0 Å². The molecule has 0 radical (unpaired) electrons. The zero-order valence-corrected chi connectivity index (χ0v) is 66.2. The number of carbonyl (C=O) groups is 4. The Labute approximate surface area is 600 Å². The molecular formula is C79H154O17P2. The molecular weight excluding hydrogens is 1280 g/mol. The van der Waals surface area contributed by atoms with Crippen molar-refractivity contribution in [3.63, 3.8) is 0 Å². The maximum atomic E-state index is 13.1. The molecule has 0 amide bonds. The van der Waals surface area contributed by atoms with Gasteiger partial charge in [0.1, 0.15) is 19.3 Å². The molecule has 0 bridgehead atoms. The van der Waals surface area contributed by atoms with Crippen molar-refractivity contribution in [3.05, 3.63) is 0 Å². The van der Waals surface area contributed by atoms with E-state index in [2.05, 4.69) is 55.4 Å². The third-order valence-electron chi connectivity index (χ3n) is 18.3. The number of phosphoric acid groups is 2. The zero-order chi connectivity index (χ0) is 72.4. The lowest BCUT2D eigenvalue weighted by Gasteiger charge is -2.21. The van der Waals surface area contributed by atoms with Crippen LogP contribution in [0.3, 0.4) is 0 Å². The molecule has 0 aliphatic heterocycles. The number of ether oxygens (including phenoxy) is 4. The molecule has 2 unspecified atom stereocenters. The minimum absolute atomic E-state index is 0.105. The number of phosphoric ester groups is 2. The van der Waals surface area contributed by atoms with E-state index in [-0.39, 0.29) is 25.7 Å². The molecule has 0 saturated heterocycles. The number of unbranched alkanes of at least 4 members (excludes halogenated alkanes) is 42. The normalized spacial score (nSPS) is 14.1. The van der Waals surface area contributed by atoms with Crippen molar-refractivity contribution >= 4 is 39.5 Å². The maximum absolute atomic E-state index is 13.1. The van der Waals surface area contributed by atoms with Gasteiger partial charge in [-0.15, -0.1) is 0 Å². The van der Waals surface area contributed by atoms with Crippen LogP contribution >= 0.6 is 15.6 Å². The summed E-state index contributed by atoms with van der Waals surface area (Å²) in [6.07, 6.45) is 54.0. The molecule has 17 nitrogen and oxygen atoms in total. The van der Waals surface area contributed by atoms with E-state index in [1.807, 2.05) is 0 Å². The first-order chi connectivity index (χ1) is 47.1. The Balaban J connectivity index is 5.27. The molecule has 582 valence electrons. The van der Waals surface area contributed by atoms with Crippen LogP contribution < -0.4 is 0 Å². The number of rotatable bonds is 76. The number of carbonyl (C=O) groups excluding carboxylic acids is 4. The second-order valence-electron chi connectivity index (χ2n) is 30.4. The van der Waals surface area contributed by atoms with E-state index in [0.717, 1.165) is 114 Å². The average Bonchev–Trinajstić information content (AvgIpc) is 1.31. The first-order valence-corrected chi connectivity index (χ1v) is 43.7. The molecule has 98 heavy (non-hydrogen) atoms. The van der Waals surface area contributed by atoms with E-state index >= 15 is 0 Å². The molecule has 0 aliphatic rings. The Bertz CT molecular complexity index is 1920. The predicted octanol–water partition coefficient (Wildman–Crippen LogP) is 23.2. The van der Waals surface area contributed by atoms with Gasteiger partial charge in [-0.05, 0) is 49.4 Å². The summed E-state index contributed by atoms with van der Waals surface area (Å²) in [6.45, 7) is 14.2. The monoisotopic (exact) mass is 1440 g/mol. The molecule has 0 rings (SSSR count). The van der Waals surface area contributed by atoms with Crippen molar-refractivity contribution in [2.45, 2.75) is 420 Å². The molecule has 0 fully saturated rings. The number of hydrogen-bond donors (Lipinski definition) is 3. The van der Waals surface area contributed by atoms with E-state index in [1.54, 1.807) is 0 Å². The van der Waals surface area contributed by atoms with Gasteiger partial charge >= 0.3 is 39.5 Å². The standard InChI is InChI=1S/C79H154O17P2/c1-69(2)55-47-39-31-23-15-11-9-10-12-18-29-37-45-53-61-78(83)95-74(65-89-76(81)59-51-43-35-27-17-14-13-16-24-32-40-48-56-70(3)4)67-93-97(85,86)91-63-73(80)64-92-98(87,88)94-68-75(96-79(84)62-54-46-38-30-22-20-26-34-42-50-58-72(7)8)66-90-77(82)60-52-44-36-28-21-19-25-33-41-49-57-71(5)6/h69-75,80H,9-68H2,1-8H3,(H,85,86)(H,87,88)/t73-,74-,75-/m1/s1. The van der Waals surface area contributed by atoms with Gasteiger partial charge in [-0.1, -0.05) is 351 Å². The largest absolute Gasteiger partial charge is 0.472 e.